The van der Waals surface area contributed by atoms with Crippen LogP contribution in [0, 0.1) is 17.5 Å². The van der Waals surface area contributed by atoms with E-state index in [-0.39, 0.29) is 5.82 Å². The maximum Gasteiger partial charge on any atom is 0.182 e. The Morgan fingerprint density at radius 3 is 2.84 bits per heavy atom. The van der Waals surface area contributed by atoms with E-state index in [1.165, 1.54) is 12.1 Å². The van der Waals surface area contributed by atoms with Crippen LogP contribution in [0.4, 0.5) is 4.39 Å². The molecule has 2 nitrogen and oxygen atoms in total. The lowest BCUT2D eigenvalue weighted by Gasteiger charge is -2.09. The molecule has 0 bridgehead atoms. The molecule has 0 aliphatic rings. The highest BCUT2D eigenvalue weighted by Gasteiger charge is 2.10. The van der Waals surface area contributed by atoms with E-state index in [4.69, 9.17) is 23.8 Å². The van der Waals surface area contributed by atoms with Crippen molar-refractivity contribution in [1.29, 1.82) is 0 Å². The number of fused-ring (bicyclic) bond motifs is 1. The average molecular weight is 293 g/mol. The minimum absolute atomic E-state index is 0.296. The molecule has 0 atom stereocenters. The second-order valence-electron chi connectivity index (χ2n) is 4.31. The first kappa shape index (κ1) is 12.4. The van der Waals surface area contributed by atoms with Crippen molar-refractivity contribution in [1.82, 2.24) is 9.55 Å². The van der Waals surface area contributed by atoms with Gasteiger partial charge in [0.15, 0.2) is 4.77 Å². The predicted octanol–water partition coefficient (Wildman–Crippen LogP) is 4.79. The van der Waals surface area contributed by atoms with Crippen molar-refractivity contribution in [2.45, 2.75) is 6.92 Å². The first-order chi connectivity index (χ1) is 9.08. The van der Waals surface area contributed by atoms with Crippen LogP contribution in [-0.2, 0) is 0 Å². The molecular formula is C14H10ClFN2S. The first-order valence-corrected chi connectivity index (χ1v) is 6.52. The van der Waals surface area contributed by atoms with Crippen LogP contribution in [0.15, 0.2) is 36.4 Å². The highest BCUT2D eigenvalue weighted by Crippen LogP contribution is 2.26. The molecule has 0 spiro atoms. The Morgan fingerprint density at radius 2 is 2.05 bits per heavy atom. The standard InChI is InChI=1S/C14H10ClFN2S/c1-8-10(15)3-2-4-12(8)18-13-7-9(16)5-6-11(13)17-14(18)19/h2-7H,1H3,(H,17,19). The van der Waals surface area contributed by atoms with E-state index >= 15 is 0 Å². The van der Waals surface area contributed by atoms with Gasteiger partial charge in [-0.2, -0.15) is 0 Å². The van der Waals surface area contributed by atoms with Crippen molar-refractivity contribution < 1.29 is 4.39 Å². The highest BCUT2D eigenvalue weighted by atomic mass is 35.5. The summed E-state index contributed by atoms with van der Waals surface area (Å²) in [6.07, 6.45) is 0. The minimum Gasteiger partial charge on any atom is -0.330 e. The Bertz CT molecular complexity index is 835. The number of nitrogens with zero attached hydrogens (tertiary/aromatic N) is 1. The lowest BCUT2D eigenvalue weighted by Crippen LogP contribution is -1.97. The van der Waals surface area contributed by atoms with Crippen molar-refractivity contribution in [3.63, 3.8) is 0 Å². The topological polar surface area (TPSA) is 20.7 Å². The van der Waals surface area contributed by atoms with Gasteiger partial charge in [-0.3, -0.25) is 4.57 Å². The van der Waals surface area contributed by atoms with Gasteiger partial charge in [0.25, 0.3) is 0 Å². The second kappa shape index (κ2) is 4.47. The number of hydrogen-bond acceptors (Lipinski definition) is 1. The molecule has 1 aromatic heterocycles. The second-order valence-corrected chi connectivity index (χ2v) is 5.10. The zero-order valence-corrected chi connectivity index (χ0v) is 11.6. The molecule has 1 N–H and O–H groups in total. The van der Waals surface area contributed by atoms with Crippen molar-refractivity contribution >= 4 is 34.9 Å². The van der Waals surface area contributed by atoms with E-state index in [1.54, 1.807) is 10.6 Å². The number of halogens is 2. The van der Waals surface area contributed by atoms with Crippen LogP contribution in [0.25, 0.3) is 16.7 Å². The predicted molar refractivity (Wildman–Crippen MR) is 78.2 cm³/mol. The number of benzene rings is 2. The summed E-state index contributed by atoms with van der Waals surface area (Å²) < 4.78 is 15.8. The SMILES string of the molecule is Cc1c(Cl)cccc1-n1c(=S)[nH]c2ccc(F)cc21. The number of H-pyrrole nitrogens is 1. The maximum absolute atomic E-state index is 13.4. The van der Waals surface area contributed by atoms with E-state index in [2.05, 4.69) is 4.98 Å². The smallest absolute Gasteiger partial charge is 0.182 e. The van der Waals surface area contributed by atoms with Crippen LogP contribution in [0.1, 0.15) is 5.56 Å². The summed E-state index contributed by atoms with van der Waals surface area (Å²) in [5, 5.41) is 0.658. The molecule has 0 saturated carbocycles. The molecule has 19 heavy (non-hydrogen) atoms. The Kier molecular flexibility index (Phi) is 2.92. The number of nitrogens with one attached hydrogen (secondary N) is 1. The molecule has 3 aromatic rings. The Balaban J connectivity index is 2.42. The van der Waals surface area contributed by atoms with Gasteiger partial charge < -0.3 is 4.98 Å². The Labute approximate surface area is 119 Å². The van der Waals surface area contributed by atoms with Crippen LogP contribution in [0.5, 0.6) is 0 Å². The number of rotatable bonds is 1. The Morgan fingerprint density at radius 1 is 1.26 bits per heavy atom. The molecule has 5 heteroatoms. The van der Waals surface area contributed by atoms with Gasteiger partial charge in [-0.1, -0.05) is 17.7 Å². The molecule has 96 valence electrons. The zero-order chi connectivity index (χ0) is 13.6. The van der Waals surface area contributed by atoms with E-state index in [1.807, 2.05) is 25.1 Å². The molecule has 0 amide bonds. The maximum atomic E-state index is 13.4. The summed E-state index contributed by atoms with van der Waals surface area (Å²) >= 11 is 11.5. The molecule has 0 fully saturated rings. The van der Waals surface area contributed by atoms with Gasteiger partial charge in [0, 0.05) is 11.1 Å². The molecule has 2 aromatic carbocycles. The number of hydrogen-bond donors (Lipinski definition) is 1. The van der Waals surface area contributed by atoms with Gasteiger partial charge in [-0.05, 0) is 49.0 Å². The fraction of sp³-hybridized carbons (Fsp3) is 0.0714. The normalized spacial score (nSPS) is 11.1. The number of aromatic amines is 1. The number of aromatic nitrogens is 2. The molecule has 0 aliphatic carbocycles. The van der Waals surface area contributed by atoms with Crippen LogP contribution in [0.3, 0.4) is 0 Å². The van der Waals surface area contributed by atoms with Gasteiger partial charge in [-0.25, -0.2) is 4.39 Å². The summed E-state index contributed by atoms with van der Waals surface area (Å²) in [7, 11) is 0. The minimum atomic E-state index is -0.296. The molecule has 0 saturated heterocycles. The van der Waals surface area contributed by atoms with E-state index in [9.17, 15) is 4.39 Å². The van der Waals surface area contributed by atoms with Crippen LogP contribution in [-0.4, -0.2) is 9.55 Å². The molecule has 0 unspecified atom stereocenters. The van der Waals surface area contributed by atoms with Gasteiger partial charge in [0.05, 0.1) is 16.7 Å². The quantitative estimate of drug-likeness (QED) is 0.640. The van der Waals surface area contributed by atoms with Gasteiger partial charge >= 0.3 is 0 Å². The highest BCUT2D eigenvalue weighted by molar-refractivity contribution is 7.71. The fourth-order valence-corrected chi connectivity index (χ4v) is 2.63. The summed E-state index contributed by atoms with van der Waals surface area (Å²) in [6, 6.07) is 10.1. The van der Waals surface area contributed by atoms with Crippen molar-refractivity contribution in [3.8, 4) is 5.69 Å². The van der Waals surface area contributed by atoms with Crippen molar-refractivity contribution in [3.05, 3.63) is 57.6 Å². The van der Waals surface area contributed by atoms with Crippen molar-refractivity contribution in [2.75, 3.05) is 0 Å². The first-order valence-electron chi connectivity index (χ1n) is 5.73. The Hall–Kier alpha value is -1.65. The third-order valence-corrected chi connectivity index (χ3v) is 3.82. The molecule has 0 radical (unpaired) electrons. The molecular weight excluding hydrogens is 283 g/mol. The molecule has 0 aliphatic heterocycles. The van der Waals surface area contributed by atoms with Gasteiger partial charge in [-0.15, -0.1) is 0 Å². The summed E-state index contributed by atoms with van der Waals surface area (Å²) in [6.45, 7) is 1.91. The third-order valence-electron chi connectivity index (χ3n) is 3.13. The lowest BCUT2D eigenvalue weighted by atomic mass is 10.2. The zero-order valence-electron chi connectivity index (χ0n) is 10.1. The van der Waals surface area contributed by atoms with Crippen molar-refractivity contribution in [2.24, 2.45) is 0 Å². The van der Waals surface area contributed by atoms with Crippen LogP contribution in [0.2, 0.25) is 5.02 Å². The third kappa shape index (κ3) is 1.97. The molecule has 3 rings (SSSR count). The fourth-order valence-electron chi connectivity index (χ4n) is 2.15. The van der Waals surface area contributed by atoms with Gasteiger partial charge in [0.1, 0.15) is 5.82 Å². The number of imidazole rings is 1. The average Bonchev–Trinajstić information content (AvgIpc) is 2.69. The molecule has 1 heterocycles. The van der Waals surface area contributed by atoms with Crippen LogP contribution >= 0.6 is 23.8 Å². The largest absolute Gasteiger partial charge is 0.330 e. The van der Waals surface area contributed by atoms with E-state index < -0.39 is 0 Å². The van der Waals surface area contributed by atoms with E-state index in [0.717, 1.165) is 16.8 Å². The summed E-state index contributed by atoms with van der Waals surface area (Å²) in [5.74, 6) is -0.296. The summed E-state index contributed by atoms with van der Waals surface area (Å²) in [5.41, 5.74) is 3.26. The van der Waals surface area contributed by atoms with Crippen LogP contribution < -0.4 is 0 Å². The van der Waals surface area contributed by atoms with E-state index in [0.29, 0.717) is 15.3 Å². The van der Waals surface area contributed by atoms with Gasteiger partial charge in [0.2, 0.25) is 0 Å². The summed E-state index contributed by atoms with van der Waals surface area (Å²) in [4.78, 5) is 3.07. The monoisotopic (exact) mass is 292 g/mol. The lowest BCUT2D eigenvalue weighted by molar-refractivity contribution is 0.629.